The van der Waals surface area contributed by atoms with Gasteiger partial charge in [0.2, 0.25) is 0 Å². The molecule has 6 nitrogen and oxygen atoms in total. The molecule has 0 aromatic carbocycles. The summed E-state index contributed by atoms with van der Waals surface area (Å²) < 4.78 is 9.57. The number of carbonyl (C=O) groups excluding carboxylic acids is 2. The number of nitrogens with one attached hydrogen (secondary N) is 1. The first-order valence-corrected chi connectivity index (χ1v) is 5.84. The van der Waals surface area contributed by atoms with Crippen LogP contribution in [0.2, 0.25) is 0 Å². The highest BCUT2D eigenvalue weighted by Gasteiger charge is 2.29. The second kappa shape index (κ2) is 6.58. The Labute approximate surface area is 108 Å². The SMILES string of the molecule is COC(=O)[C@H](C)[C@@H](O)[C@@H](C)NC(=O)OC(C)(C)C. The van der Waals surface area contributed by atoms with Crippen molar-refractivity contribution in [3.8, 4) is 0 Å². The van der Waals surface area contributed by atoms with Crippen molar-refractivity contribution in [3.05, 3.63) is 0 Å². The lowest BCUT2D eigenvalue weighted by Crippen LogP contribution is -2.47. The predicted molar refractivity (Wildman–Crippen MR) is 66.0 cm³/mol. The summed E-state index contributed by atoms with van der Waals surface area (Å²) in [5, 5.41) is 12.3. The quantitative estimate of drug-likeness (QED) is 0.739. The Hall–Kier alpha value is -1.30. The molecule has 0 aromatic rings. The van der Waals surface area contributed by atoms with E-state index in [1.807, 2.05) is 0 Å². The van der Waals surface area contributed by atoms with Crippen LogP contribution in [0.15, 0.2) is 0 Å². The molecule has 0 saturated heterocycles. The fraction of sp³-hybridized carbons (Fsp3) is 0.833. The van der Waals surface area contributed by atoms with Crippen LogP contribution in [0, 0.1) is 5.92 Å². The molecule has 6 heteroatoms. The van der Waals surface area contributed by atoms with Crippen molar-refractivity contribution >= 4 is 12.1 Å². The van der Waals surface area contributed by atoms with E-state index in [0.29, 0.717) is 0 Å². The van der Waals surface area contributed by atoms with E-state index < -0.39 is 35.7 Å². The summed E-state index contributed by atoms with van der Waals surface area (Å²) in [5.41, 5.74) is -0.608. The first kappa shape index (κ1) is 16.7. The van der Waals surface area contributed by atoms with Gasteiger partial charge in [-0.05, 0) is 34.6 Å². The van der Waals surface area contributed by atoms with Crippen LogP contribution in [0.25, 0.3) is 0 Å². The Morgan fingerprint density at radius 1 is 1.22 bits per heavy atom. The van der Waals surface area contributed by atoms with Gasteiger partial charge in [0.05, 0.1) is 25.2 Å². The second-order valence-corrected chi connectivity index (χ2v) is 5.24. The number of aliphatic hydroxyl groups excluding tert-OH is 1. The minimum absolute atomic E-state index is 0.527. The molecule has 0 aliphatic carbocycles. The molecule has 3 atom stereocenters. The number of amides is 1. The highest BCUT2D eigenvalue weighted by atomic mass is 16.6. The van der Waals surface area contributed by atoms with Gasteiger partial charge in [0.15, 0.2) is 0 Å². The second-order valence-electron chi connectivity index (χ2n) is 5.24. The Kier molecular flexibility index (Phi) is 6.11. The lowest BCUT2D eigenvalue weighted by Gasteiger charge is -2.26. The summed E-state index contributed by atoms with van der Waals surface area (Å²) in [6.45, 7) is 8.35. The van der Waals surface area contributed by atoms with Crippen LogP contribution >= 0.6 is 0 Å². The molecule has 106 valence electrons. The number of esters is 1. The van der Waals surface area contributed by atoms with Gasteiger partial charge in [-0.3, -0.25) is 4.79 Å². The topological polar surface area (TPSA) is 84.9 Å². The van der Waals surface area contributed by atoms with E-state index in [-0.39, 0.29) is 0 Å². The molecule has 0 unspecified atom stereocenters. The summed E-state index contributed by atoms with van der Waals surface area (Å²) in [6.07, 6.45) is -1.67. The van der Waals surface area contributed by atoms with Gasteiger partial charge in [-0.25, -0.2) is 4.79 Å². The molecule has 0 aliphatic heterocycles. The van der Waals surface area contributed by atoms with Gasteiger partial charge in [-0.15, -0.1) is 0 Å². The molecule has 0 aromatic heterocycles. The maximum absolute atomic E-state index is 11.5. The summed E-state index contributed by atoms with van der Waals surface area (Å²) in [5.74, 6) is -1.25. The van der Waals surface area contributed by atoms with E-state index in [0.717, 1.165) is 0 Å². The van der Waals surface area contributed by atoms with Gasteiger partial charge in [-0.2, -0.15) is 0 Å². The maximum atomic E-state index is 11.5. The lowest BCUT2D eigenvalue weighted by molar-refractivity contribution is -0.149. The van der Waals surface area contributed by atoms with Crippen molar-refractivity contribution in [2.75, 3.05) is 7.11 Å². The van der Waals surface area contributed by atoms with Crippen molar-refractivity contribution in [1.29, 1.82) is 0 Å². The molecule has 1 amide bonds. The maximum Gasteiger partial charge on any atom is 0.407 e. The molecular weight excluding hydrogens is 238 g/mol. The van der Waals surface area contributed by atoms with Crippen molar-refractivity contribution in [3.63, 3.8) is 0 Å². The fourth-order valence-corrected chi connectivity index (χ4v) is 1.34. The Morgan fingerprint density at radius 3 is 2.11 bits per heavy atom. The molecule has 0 fully saturated rings. The van der Waals surface area contributed by atoms with Crippen molar-refractivity contribution in [2.45, 2.75) is 52.4 Å². The molecule has 18 heavy (non-hydrogen) atoms. The number of methoxy groups -OCH3 is 1. The number of hydrogen-bond acceptors (Lipinski definition) is 5. The Bertz CT molecular complexity index is 297. The van der Waals surface area contributed by atoms with E-state index in [9.17, 15) is 14.7 Å². The fourth-order valence-electron chi connectivity index (χ4n) is 1.34. The van der Waals surface area contributed by atoms with Crippen LogP contribution in [-0.4, -0.2) is 42.0 Å². The van der Waals surface area contributed by atoms with Crippen molar-refractivity contribution in [1.82, 2.24) is 5.32 Å². The van der Waals surface area contributed by atoms with E-state index >= 15 is 0 Å². The largest absolute Gasteiger partial charge is 0.469 e. The minimum atomic E-state index is -1.04. The van der Waals surface area contributed by atoms with E-state index in [2.05, 4.69) is 10.1 Å². The zero-order valence-electron chi connectivity index (χ0n) is 11.8. The zero-order valence-corrected chi connectivity index (χ0v) is 11.8. The van der Waals surface area contributed by atoms with Gasteiger partial charge in [0.1, 0.15) is 5.60 Å². The van der Waals surface area contributed by atoms with E-state index in [1.54, 1.807) is 27.7 Å². The number of alkyl carbamates (subject to hydrolysis) is 1. The molecular formula is C12H23NO5. The van der Waals surface area contributed by atoms with Crippen molar-refractivity contribution in [2.24, 2.45) is 5.92 Å². The summed E-state index contributed by atoms with van der Waals surface area (Å²) in [7, 11) is 1.25. The number of carbonyl (C=O) groups is 2. The number of aliphatic hydroxyl groups is 1. The molecule has 0 saturated carbocycles. The molecule has 0 spiro atoms. The smallest absolute Gasteiger partial charge is 0.407 e. The van der Waals surface area contributed by atoms with E-state index in [4.69, 9.17) is 4.74 Å². The van der Waals surface area contributed by atoms with Crippen LogP contribution in [0.4, 0.5) is 4.79 Å². The summed E-state index contributed by atoms with van der Waals surface area (Å²) >= 11 is 0. The third-order valence-corrected chi connectivity index (χ3v) is 2.34. The van der Waals surface area contributed by atoms with Gasteiger partial charge in [0, 0.05) is 0 Å². The first-order valence-electron chi connectivity index (χ1n) is 5.84. The highest BCUT2D eigenvalue weighted by molar-refractivity contribution is 5.73. The highest BCUT2D eigenvalue weighted by Crippen LogP contribution is 2.11. The molecule has 0 heterocycles. The molecule has 0 rings (SSSR count). The summed E-state index contributed by atoms with van der Waals surface area (Å²) in [4.78, 5) is 22.7. The first-order chi connectivity index (χ1) is 8.08. The van der Waals surface area contributed by atoms with Crippen molar-refractivity contribution < 1.29 is 24.2 Å². The normalized spacial score (nSPS) is 16.4. The Morgan fingerprint density at radius 2 is 1.72 bits per heavy atom. The molecule has 2 N–H and O–H groups in total. The lowest BCUT2D eigenvalue weighted by atomic mass is 9.99. The van der Waals surface area contributed by atoms with Gasteiger partial charge in [0.25, 0.3) is 0 Å². The third-order valence-electron chi connectivity index (χ3n) is 2.34. The average Bonchev–Trinajstić information content (AvgIpc) is 2.22. The van der Waals surface area contributed by atoms with Gasteiger partial charge in [-0.1, -0.05) is 0 Å². The van der Waals surface area contributed by atoms with E-state index in [1.165, 1.54) is 14.0 Å². The van der Waals surface area contributed by atoms with Crippen LogP contribution in [0.3, 0.4) is 0 Å². The number of hydrogen-bond donors (Lipinski definition) is 2. The standard InChI is InChI=1S/C12H23NO5/c1-7(10(15)17-6)9(14)8(2)13-11(16)18-12(3,4)5/h7-9,14H,1-6H3,(H,13,16)/t7-,8-,9-/m1/s1. The van der Waals surface area contributed by atoms with Crippen LogP contribution < -0.4 is 5.32 Å². The molecule has 0 bridgehead atoms. The monoisotopic (exact) mass is 261 g/mol. The summed E-state index contributed by atoms with van der Waals surface area (Å²) in [6, 6.07) is -0.617. The zero-order chi connectivity index (χ0) is 14.5. The van der Waals surface area contributed by atoms with Gasteiger partial charge >= 0.3 is 12.1 Å². The van der Waals surface area contributed by atoms with Crippen LogP contribution in [0.5, 0.6) is 0 Å². The Balaban J connectivity index is 4.36. The van der Waals surface area contributed by atoms with Crippen LogP contribution in [-0.2, 0) is 14.3 Å². The van der Waals surface area contributed by atoms with Crippen LogP contribution in [0.1, 0.15) is 34.6 Å². The number of rotatable bonds is 4. The number of ether oxygens (including phenoxy) is 2. The molecule has 0 radical (unpaired) electrons. The minimum Gasteiger partial charge on any atom is -0.469 e. The predicted octanol–water partition coefficient (Wildman–Crippen LogP) is 1.07. The third kappa shape index (κ3) is 5.86. The average molecular weight is 261 g/mol. The molecule has 0 aliphatic rings. The van der Waals surface area contributed by atoms with Gasteiger partial charge < -0.3 is 19.9 Å².